The summed E-state index contributed by atoms with van der Waals surface area (Å²) in [5, 5.41) is 0. The van der Waals surface area contributed by atoms with Crippen molar-refractivity contribution in [3.8, 4) is 5.75 Å². The molecular formula is C19H20N2O3. The number of nitrogens with zero attached hydrogens (tertiary/aromatic N) is 2. The maximum absolute atomic E-state index is 12.5. The summed E-state index contributed by atoms with van der Waals surface area (Å²) in [6.07, 6.45) is 2.22. The first-order valence-corrected chi connectivity index (χ1v) is 7.84. The zero-order chi connectivity index (χ0) is 17.5. The van der Waals surface area contributed by atoms with Crippen molar-refractivity contribution < 1.29 is 9.53 Å². The van der Waals surface area contributed by atoms with Gasteiger partial charge in [0.25, 0.3) is 0 Å². The minimum Gasteiger partial charge on any atom is -0.481 e. The van der Waals surface area contributed by atoms with Gasteiger partial charge >= 0.3 is 5.56 Å². The van der Waals surface area contributed by atoms with Gasteiger partial charge in [0, 0.05) is 6.20 Å². The second-order valence-corrected chi connectivity index (χ2v) is 4.96. The molecule has 124 valence electrons. The topological polar surface area (TPSA) is 60.7 Å². The molecule has 0 atom stereocenters. The number of aryl methyl sites for hydroxylation is 1. The number of fused-ring (bicyclic) bond motifs is 1. The van der Waals surface area contributed by atoms with Crippen LogP contribution in [-0.2, 0) is 6.61 Å². The molecule has 5 nitrogen and oxygen atoms in total. The number of pyridine rings is 1. The molecule has 0 saturated carbocycles. The van der Waals surface area contributed by atoms with Gasteiger partial charge in [-0.2, -0.15) is 0 Å². The van der Waals surface area contributed by atoms with Gasteiger partial charge in [-0.05, 0) is 24.1 Å². The molecule has 0 aliphatic heterocycles. The molecule has 2 aromatic heterocycles. The smallest absolute Gasteiger partial charge is 0.301 e. The Morgan fingerprint density at radius 2 is 1.83 bits per heavy atom. The van der Waals surface area contributed by atoms with E-state index in [1.54, 1.807) is 12.3 Å². The van der Waals surface area contributed by atoms with Crippen LogP contribution in [-0.4, -0.2) is 15.7 Å². The van der Waals surface area contributed by atoms with Crippen molar-refractivity contribution in [1.29, 1.82) is 0 Å². The third-order valence-corrected chi connectivity index (χ3v) is 3.29. The lowest BCUT2D eigenvalue weighted by atomic mass is 10.2. The number of carbonyl (C=O) groups is 1. The van der Waals surface area contributed by atoms with Crippen molar-refractivity contribution in [2.24, 2.45) is 0 Å². The van der Waals surface area contributed by atoms with Crippen LogP contribution < -0.4 is 10.3 Å². The SMILES string of the molecule is CC.Cc1ccc2nc(C=O)c(OCc3ccccc3)c(=O)n2c1. The lowest BCUT2D eigenvalue weighted by molar-refractivity contribution is 0.111. The third kappa shape index (κ3) is 3.68. The number of hydrogen-bond donors (Lipinski definition) is 0. The fourth-order valence-corrected chi connectivity index (χ4v) is 2.19. The molecule has 0 saturated heterocycles. The Labute approximate surface area is 140 Å². The van der Waals surface area contributed by atoms with Crippen LogP contribution in [0, 0.1) is 6.92 Å². The molecule has 0 bridgehead atoms. The molecule has 5 heteroatoms. The molecule has 2 heterocycles. The summed E-state index contributed by atoms with van der Waals surface area (Å²) < 4.78 is 6.96. The summed E-state index contributed by atoms with van der Waals surface area (Å²) in [4.78, 5) is 27.9. The first-order valence-electron chi connectivity index (χ1n) is 7.84. The highest BCUT2D eigenvalue weighted by Crippen LogP contribution is 2.13. The lowest BCUT2D eigenvalue weighted by Crippen LogP contribution is -2.20. The van der Waals surface area contributed by atoms with Crippen LogP contribution in [0.4, 0.5) is 0 Å². The quantitative estimate of drug-likeness (QED) is 0.690. The van der Waals surface area contributed by atoms with Gasteiger partial charge < -0.3 is 4.74 Å². The van der Waals surface area contributed by atoms with E-state index in [2.05, 4.69) is 4.98 Å². The Kier molecular flexibility index (Phi) is 5.84. The standard InChI is InChI=1S/C17H14N2O3.C2H6/c1-12-7-8-15-18-14(10-20)16(17(21)19(15)9-12)22-11-13-5-3-2-4-6-13;1-2/h2-10H,11H2,1H3;1-2H3. The molecule has 0 aliphatic carbocycles. The van der Waals surface area contributed by atoms with Gasteiger partial charge in [0.1, 0.15) is 12.3 Å². The fourth-order valence-electron chi connectivity index (χ4n) is 2.19. The molecule has 24 heavy (non-hydrogen) atoms. The monoisotopic (exact) mass is 324 g/mol. The summed E-state index contributed by atoms with van der Waals surface area (Å²) in [6.45, 7) is 6.08. The van der Waals surface area contributed by atoms with Crippen molar-refractivity contribution in [3.63, 3.8) is 0 Å². The van der Waals surface area contributed by atoms with E-state index < -0.39 is 0 Å². The summed E-state index contributed by atoms with van der Waals surface area (Å²) in [7, 11) is 0. The van der Waals surface area contributed by atoms with E-state index >= 15 is 0 Å². The highest BCUT2D eigenvalue weighted by Gasteiger charge is 2.14. The van der Waals surface area contributed by atoms with Crippen molar-refractivity contribution in [3.05, 3.63) is 75.8 Å². The zero-order valence-electron chi connectivity index (χ0n) is 14.0. The molecule has 0 radical (unpaired) electrons. The van der Waals surface area contributed by atoms with Crippen molar-refractivity contribution >= 4 is 11.9 Å². The van der Waals surface area contributed by atoms with E-state index in [1.807, 2.05) is 57.2 Å². The highest BCUT2D eigenvalue weighted by molar-refractivity contribution is 5.77. The molecule has 3 aromatic rings. The van der Waals surface area contributed by atoms with E-state index in [0.717, 1.165) is 11.1 Å². The number of aromatic nitrogens is 2. The number of rotatable bonds is 4. The van der Waals surface area contributed by atoms with Crippen LogP contribution in [0.15, 0.2) is 53.5 Å². The Balaban J connectivity index is 0.00000100. The maximum Gasteiger partial charge on any atom is 0.301 e. The molecular weight excluding hydrogens is 304 g/mol. The van der Waals surface area contributed by atoms with E-state index in [1.165, 1.54) is 4.40 Å². The Morgan fingerprint density at radius 3 is 2.50 bits per heavy atom. The van der Waals surface area contributed by atoms with Gasteiger partial charge in [-0.3, -0.25) is 14.0 Å². The van der Waals surface area contributed by atoms with Crippen LogP contribution in [0.3, 0.4) is 0 Å². The molecule has 0 N–H and O–H groups in total. The van der Waals surface area contributed by atoms with Gasteiger partial charge in [0.15, 0.2) is 12.0 Å². The minimum absolute atomic E-state index is 0.0183. The summed E-state index contributed by atoms with van der Waals surface area (Å²) in [5.41, 5.74) is 1.89. The normalized spacial score (nSPS) is 9.96. The summed E-state index contributed by atoms with van der Waals surface area (Å²) >= 11 is 0. The first kappa shape index (κ1) is 17.4. The van der Waals surface area contributed by atoms with Gasteiger partial charge in [0.2, 0.25) is 5.75 Å². The Morgan fingerprint density at radius 1 is 1.12 bits per heavy atom. The zero-order valence-corrected chi connectivity index (χ0v) is 14.0. The number of ether oxygens (including phenoxy) is 1. The minimum atomic E-state index is -0.383. The maximum atomic E-state index is 12.5. The predicted molar refractivity (Wildman–Crippen MR) is 93.7 cm³/mol. The van der Waals surface area contributed by atoms with Gasteiger partial charge in [0.05, 0.1) is 0 Å². The first-order chi connectivity index (χ1) is 11.7. The lowest BCUT2D eigenvalue weighted by Gasteiger charge is -2.09. The van der Waals surface area contributed by atoms with Crippen LogP contribution >= 0.6 is 0 Å². The molecule has 0 fully saturated rings. The summed E-state index contributed by atoms with van der Waals surface area (Å²) in [6, 6.07) is 13.0. The van der Waals surface area contributed by atoms with Crippen molar-refractivity contribution in [1.82, 2.24) is 9.38 Å². The van der Waals surface area contributed by atoms with E-state index in [0.29, 0.717) is 11.9 Å². The molecule has 0 spiro atoms. The largest absolute Gasteiger partial charge is 0.481 e. The Bertz CT molecular complexity index is 886. The third-order valence-electron chi connectivity index (χ3n) is 3.29. The highest BCUT2D eigenvalue weighted by atomic mass is 16.5. The second kappa shape index (κ2) is 8.06. The van der Waals surface area contributed by atoms with Crippen LogP contribution in [0.25, 0.3) is 5.65 Å². The Hall–Kier alpha value is -2.95. The van der Waals surface area contributed by atoms with Gasteiger partial charge in [-0.25, -0.2) is 4.98 Å². The van der Waals surface area contributed by atoms with Gasteiger partial charge in [-0.15, -0.1) is 0 Å². The number of carbonyl (C=O) groups excluding carboxylic acids is 1. The van der Waals surface area contributed by atoms with Crippen LogP contribution in [0.5, 0.6) is 5.75 Å². The average Bonchev–Trinajstić information content (AvgIpc) is 2.64. The molecule has 0 unspecified atom stereocenters. The number of aldehydes is 1. The van der Waals surface area contributed by atoms with E-state index in [9.17, 15) is 9.59 Å². The van der Waals surface area contributed by atoms with Crippen LogP contribution in [0.2, 0.25) is 0 Å². The number of hydrogen-bond acceptors (Lipinski definition) is 4. The van der Waals surface area contributed by atoms with E-state index in [-0.39, 0.29) is 23.6 Å². The van der Waals surface area contributed by atoms with Crippen molar-refractivity contribution in [2.75, 3.05) is 0 Å². The van der Waals surface area contributed by atoms with Gasteiger partial charge in [-0.1, -0.05) is 50.2 Å². The fraction of sp³-hybridized carbons (Fsp3) is 0.211. The molecule has 1 aromatic carbocycles. The van der Waals surface area contributed by atoms with Crippen molar-refractivity contribution in [2.45, 2.75) is 27.4 Å². The van der Waals surface area contributed by atoms with E-state index in [4.69, 9.17) is 4.74 Å². The summed E-state index contributed by atoms with van der Waals surface area (Å²) in [5.74, 6) is -0.0260. The van der Waals surface area contributed by atoms with Crippen LogP contribution in [0.1, 0.15) is 35.5 Å². The number of benzene rings is 1. The molecule has 3 rings (SSSR count). The predicted octanol–water partition coefficient (Wildman–Crippen LogP) is 3.42. The second-order valence-electron chi connectivity index (χ2n) is 4.96. The molecule has 0 aliphatic rings. The molecule has 0 amide bonds. The average molecular weight is 324 g/mol.